The summed E-state index contributed by atoms with van der Waals surface area (Å²) in [4.78, 5) is 11.8. The molecule has 0 amide bonds. The zero-order chi connectivity index (χ0) is 14.9. The maximum atomic E-state index is 4.82. The van der Waals surface area contributed by atoms with Crippen molar-refractivity contribution in [2.45, 2.75) is 46.5 Å². The van der Waals surface area contributed by atoms with E-state index in [1.165, 1.54) is 6.42 Å². The van der Waals surface area contributed by atoms with Crippen LogP contribution in [-0.2, 0) is 5.41 Å². The highest BCUT2D eigenvalue weighted by atomic mass is 15.2. The number of aromatic nitrogens is 2. The lowest BCUT2D eigenvalue weighted by Gasteiger charge is -2.36. The number of nitrogens with zero attached hydrogens (tertiary/aromatic N) is 3. The molecule has 2 heterocycles. The van der Waals surface area contributed by atoms with Gasteiger partial charge in [-0.2, -0.15) is 0 Å². The summed E-state index contributed by atoms with van der Waals surface area (Å²) in [7, 11) is 1.92. The molecule has 4 nitrogen and oxygen atoms in total. The van der Waals surface area contributed by atoms with Gasteiger partial charge in [-0.1, -0.05) is 34.6 Å². The second kappa shape index (κ2) is 5.58. The van der Waals surface area contributed by atoms with Crippen molar-refractivity contribution in [1.82, 2.24) is 9.97 Å². The Morgan fingerprint density at radius 1 is 1.15 bits per heavy atom. The minimum atomic E-state index is -0.0331. The fourth-order valence-corrected chi connectivity index (χ4v) is 2.91. The first-order chi connectivity index (χ1) is 9.29. The van der Waals surface area contributed by atoms with Gasteiger partial charge >= 0.3 is 0 Å². The molecule has 1 aliphatic heterocycles. The average Bonchev–Trinajstić information content (AvgIpc) is 2.36. The van der Waals surface area contributed by atoms with Gasteiger partial charge in [0, 0.05) is 31.6 Å². The molecule has 1 N–H and O–H groups in total. The van der Waals surface area contributed by atoms with Crippen LogP contribution in [0.15, 0.2) is 6.07 Å². The predicted molar refractivity (Wildman–Crippen MR) is 85.4 cm³/mol. The summed E-state index contributed by atoms with van der Waals surface area (Å²) in [6.45, 7) is 13.3. The molecule has 112 valence electrons. The highest BCUT2D eigenvalue weighted by Gasteiger charge is 2.25. The monoisotopic (exact) mass is 276 g/mol. The number of hydrogen-bond donors (Lipinski definition) is 1. The van der Waals surface area contributed by atoms with Gasteiger partial charge in [-0.15, -0.1) is 0 Å². The lowest BCUT2D eigenvalue weighted by Crippen LogP contribution is -2.39. The molecule has 0 spiro atoms. The lowest BCUT2D eigenvalue weighted by molar-refractivity contribution is 0.354. The molecule has 1 aliphatic rings. The quantitative estimate of drug-likeness (QED) is 0.900. The van der Waals surface area contributed by atoms with Crippen LogP contribution in [0.25, 0.3) is 0 Å². The van der Waals surface area contributed by atoms with E-state index in [1.54, 1.807) is 0 Å². The Hall–Kier alpha value is -1.32. The van der Waals surface area contributed by atoms with E-state index in [1.807, 2.05) is 7.05 Å². The van der Waals surface area contributed by atoms with E-state index in [0.717, 1.165) is 42.4 Å². The third-order valence-electron chi connectivity index (χ3n) is 3.83. The molecule has 0 radical (unpaired) electrons. The van der Waals surface area contributed by atoms with Gasteiger partial charge in [0.25, 0.3) is 0 Å². The molecule has 1 fully saturated rings. The lowest BCUT2D eigenvalue weighted by atomic mass is 9.92. The number of hydrogen-bond acceptors (Lipinski definition) is 4. The van der Waals surface area contributed by atoms with Crippen molar-refractivity contribution in [3.05, 3.63) is 11.9 Å². The molecule has 0 saturated carbocycles. The normalized spacial score (nSPS) is 23.8. The Morgan fingerprint density at radius 3 is 2.25 bits per heavy atom. The Bertz CT molecular complexity index is 454. The van der Waals surface area contributed by atoms with Gasteiger partial charge in [0.05, 0.1) is 0 Å². The van der Waals surface area contributed by atoms with Crippen molar-refractivity contribution in [2.24, 2.45) is 11.8 Å². The van der Waals surface area contributed by atoms with E-state index in [-0.39, 0.29) is 5.41 Å². The third kappa shape index (κ3) is 3.41. The molecular weight excluding hydrogens is 248 g/mol. The van der Waals surface area contributed by atoms with Crippen LogP contribution in [0.5, 0.6) is 0 Å². The Kier molecular flexibility index (Phi) is 4.21. The number of nitrogens with one attached hydrogen (secondary N) is 1. The fraction of sp³-hybridized carbons (Fsp3) is 0.750. The van der Waals surface area contributed by atoms with Crippen molar-refractivity contribution in [3.63, 3.8) is 0 Å². The maximum Gasteiger partial charge on any atom is 0.138 e. The second-order valence-electron chi connectivity index (χ2n) is 7.29. The molecule has 2 rings (SSSR count). The molecule has 1 saturated heterocycles. The fourth-order valence-electron chi connectivity index (χ4n) is 2.91. The largest absolute Gasteiger partial charge is 0.373 e. The third-order valence-corrected chi connectivity index (χ3v) is 3.83. The first-order valence-corrected chi connectivity index (χ1v) is 7.62. The molecule has 4 heteroatoms. The first-order valence-electron chi connectivity index (χ1n) is 7.62. The van der Waals surface area contributed by atoms with Crippen molar-refractivity contribution in [3.8, 4) is 0 Å². The first kappa shape index (κ1) is 15.1. The van der Waals surface area contributed by atoms with Gasteiger partial charge in [-0.25, -0.2) is 9.97 Å². The second-order valence-corrected chi connectivity index (χ2v) is 7.29. The van der Waals surface area contributed by atoms with Gasteiger partial charge < -0.3 is 10.2 Å². The van der Waals surface area contributed by atoms with Gasteiger partial charge in [0.2, 0.25) is 0 Å². The molecular formula is C16H28N4. The van der Waals surface area contributed by atoms with Crippen molar-refractivity contribution in [2.75, 3.05) is 30.4 Å². The summed E-state index contributed by atoms with van der Waals surface area (Å²) in [5, 5.41) is 3.16. The Labute approximate surface area is 123 Å². The predicted octanol–water partition coefficient (Wildman–Crippen LogP) is 3.30. The van der Waals surface area contributed by atoms with Gasteiger partial charge in [0.1, 0.15) is 17.5 Å². The van der Waals surface area contributed by atoms with Gasteiger partial charge in [0.15, 0.2) is 0 Å². The molecule has 0 aromatic carbocycles. The van der Waals surface area contributed by atoms with Crippen LogP contribution < -0.4 is 10.2 Å². The minimum Gasteiger partial charge on any atom is -0.373 e. The maximum absolute atomic E-state index is 4.82. The van der Waals surface area contributed by atoms with E-state index in [4.69, 9.17) is 4.98 Å². The highest BCUT2D eigenvalue weighted by molar-refractivity contribution is 5.50. The van der Waals surface area contributed by atoms with E-state index in [0.29, 0.717) is 0 Å². The summed E-state index contributed by atoms with van der Waals surface area (Å²) in [5.41, 5.74) is -0.0331. The minimum absolute atomic E-state index is 0.0331. The average molecular weight is 276 g/mol. The highest BCUT2D eigenvalue weighted by Crippen LogP contribution is 2.28. The van der Waals surface area contributed by atoms with Gasteiger partial charge in [-0.05, 0) is 18.3 Å². The van der Waals surface area contributed by atoms with Crippen LogP contribution >= 0.6 is 0 Å². The Balaban J connectivity index is 2.35. The molecule has 2 unspecified atom stereocenters. The van der Waals surface area contributed by atoms with E-state index < -0.39 is 0 Å². The Morgan fingerprint density at radius 2 is 1.75 bits per heavy atom. The van der Waals surface area contributed by atoms with Crippen molar-refractivity contribution < 1.29 is 0 Å². The van der Waals surface area contributed by atoms with Crippen LogP contribution in [0.2, 0.25) is 0 Å². The molecule has 20 heavy (non-hydrogen) atoms. The van der Waals surface area contributed by atoms with Crippen LogP contribution in [0.3, 0.4) is 0 Å². The smallest absolute Gasteiger partial charge is 0.138 e. The number of piperidine rings is 1. The zero-order valence-corrected chi connectivity index (χ0v) is 13.7. The summed E-state index contributed by atoms with van der Waals surface area (Å²) in [6.07, 6.45) is 1.31. The zero-order valence-electron chi connectivity index (χ0n) is 13.7. The topological polar surface area (TPSA) is 41.0 Å². The van der Waals surface area contributed by atoms with E-state index >= 15 is 0 Å². The molecule has 2 atom stereocenters. The molecule has 1 aromatic rings. The molecule has 1 aromatic heterocycles. The van der Waals surface area contributed by atoms with E-state index in [2.05, 4.69) is 55.9 Å². The van der Waals surface area contributed by atoms with Crippen LogP contribution in [-0.4, -0.2) is 30.1 Å². The summed E-state index contributed by atoms with van der Waals surface area (Å²) in [6, 6.07) is 2.07. The SMILES string of the molecule is CNc1cc(N2CC(C)CC(C)C2)nc(C(C)(C)C)n1. The van der Waals surface area contributed by atoms with Crippen molar-refractivity contribution >= 4 is 11.6 Å². The van der Waals surface area contributed by atoms with Crippen molar-refractivity contribution in [1.29, 1.82) is 0 Å². The van der Waals surface area contributed by atoms with Crippen LogP contribution in [0.4, 0.5) is 11.6 Å². The molecule has 0 aliphatic carbocycles. The van der Waals surface area contributed by atoms with Gasteiger partial charge in [-0.3, -0.25) is 0 Å². The van der Waals surface area contributed by atoms with Crippen LogP contribution in [0, 0.1) is 11.8 Å². The summed E-state index contributed by atoms with van der Waals surface area (Å²) in [5.74, 6) is 4.33. The summed E-state index contributed by atoms with van der Waals surface area (Å²) >= 11 is 0. The van der Waals surface area contributed by atoms with Crippen LogP contribution in [0.1, 0.15) is 46.9 Å². The number of anilines is 2. The number of rotatable bonds is 2. The standard InChI is InChI=1S/C16H28N4/c1-11-7-12(2)10-20(9-11)14-8-13(17-6)18-15(19-14)16(3,4)5/h8,11-12H,7,9-10H2,1-6H3,(H,17,18,19). The molecule has 0 bridgehead atoms. The van der Waals surface area contributed by atoms with E-state index in [9.17, 15) is 0 Å². The summed E-state index contributed by atoms with van der Waals surface area (Å²) < 4.78 is 0.